The summed E-state index contributed by atoms with van der Waals surface area (Å²) in [7, 11) is 1.76. The number of amides is 1. The fourth-order valence-corrected chi connectivity index (χ4v) is 2.95. The maximum absolute atomic E-state index is 12.3. The average molecular weight is 321 g/mol. The smallest absolute Gasteiger partial charge is 0.251 e. The van der Waals surface area contributed by atoms with E-state index < -0.39 is 0 Å². The van der Waals surface area contributed by atoms with Crippen molar-refractivity contribution in [2.45, 2.75) is 25.5 Å². The summed E-state index contributed by atoms with van der Waals surface area (Å²) in [4.78, 5) is 20.7. The molecule has 0 aromatic carbocycles. The number of hydrogen-bond acceptors (Lipinski definition) is 5. The van der Waals surface area contributed by atoms with Crippen LogP contribution >= 0.6 is 0 Å². The molecule has 1 N–H and O–H groups in total. The van der Waals surface area contributed by atoms with E-state index in [0.717, 1.165) is 37.6 Å². The fraction of sp³-hybridized carbons (Fsp3) is 0.667. The molecule has 126 valence electrons. The lowest BCUT2D eigenvalue weighted by Gasteiger charge is -2.37. The van der Waals surface area contributed by atoms with Crippen molar-refractivity contribution in [3.05, 3.63) is 18.0 Å². The average Bonchev–Trinajstić information content (AvgIpc) is 3.29. The summed E-state index contributed by atoms with van der Waals surface area (Å²) in [5.74, 6) is 0.949. The van der Waals surface area contributed by atoms with Gasteiger partial charge in [-0.1, -0.05) is 5.16 Å². The SMILES string of the molecule is CN=C(NCc1ccon1)N1CCN(C(=O)C2CCCO2)CC1. The van der Waals surface area contributed by atoms with Crippen molar-refractivity contribution in [2.24, 2.45) is 4.99 Å². The molecule has 3 rings (SSSR count). The number of aliphatic imine (C=N–C) groups is 1. The Morgan fingerprint density at radius 3 is 2.78 bits per heavy atom. The van der Waals surface area contributed by atoms with E-state index in [-0.39, 0.29) is 12.0 Å². The predicted molar refractivity (Wildman–Crippen MR) is 83.8 cm³/mol. The van der Waals surface area contributed by atoms with Crippen LogP contribution in [0.1, 0.15) is 18.5 Å². The minimum atomic E-state index is -0.230. The molecule has 2 saturated heterocycles. The van der Waals surface area contributed by atoms with Crippen molar-refractivity contribution < 1.29 is 14.1 Å². The van der Waals surface area contributed by atoms with Crippen molar-refractivity contribution in [3.63, 3.8) is 0 Å². The Kier molecular flexibility index (Phi) is 5.12. The Bertz CT molecular complexity index is 531. The summed E-state index contributed by atoms with van der Waals surface area (Å²) in [5.41, 5.74) is 0.832. The quantitative estimate of drug-likeness (QED) is 0.627. The highest BCUT2D eigenvalue weighted by molar-refractivity contribution is 5.82. The van der Waals surface area contributed by atoms with Crippen molar-refractivity contribution in [3.8, 4) is 0 Å². The zero-order chi connectivity index (χ0) is 16.1. The molecular formula is C15H23N5O3. The first kappa shape index (κ1) is 15.8. The number of ether oxygens (including phenoxy) is 1. The summed E-state index contributed by atoms with van der Waals surface area (Å²) < 4.78 is 10.3. The van der Waals surface area contributed by atoms with Gasteiger partial charge in [0, 0.05) is 45.9 Å². The number of carbonyl (C=O) groups is 1. The van der Waals surface area contributed by atoms with E-state index in [2.05, 4.69) is 20.4 Å². The number of piperazine rings is 1. The minimum Gasteiger partial charge on any atom is -0.368 e. The molecule has 1 amide bonds. The van der Waals surface area contributed by atoms with E-state index in [1.54, 1.807) is 13.3 Å². The zero-order valence-corrected chi connectivity index (χ0v) is 13.4. The van der Waals surface area contributed by atoms with Gasteiger partial charge in [-0.2, -0.15) is 0 Å². The molecule has 2 aliphatic heterocycles. The van der Waals surface area contributed by atoms with Gasteiger partial charge in [0.1, 0.15) is 18.1 Å². The van der Waals surface area contributed by atoms with Gasteiger partial charge in [-0.25, -0.2) is 0 Å². The summed E-state index contributed by atoms with van der Waals surface area (Å²) in [5, 5.41) is 7.14. The monoisotopic (exact) mass is 321 g/mol. The Morgan fingerprint density at radius 1 is 1.39 bits per heavy atom. The Labute approximate surface area is 135 Å². The Morgan fingerprint density at radius 2 is 2.17 bits per heavy atom. The van der Waals surface area contributed by atoms with Gasteiger partial charge in [-0.15, -0.1) is 0 Å². The lowest BCUT2D eigenvalue weighted by Crippen LogP contribution is -2.55. The summed E-state index contributed by atoms with van der Waals surface area (Å²) in [6.07, 6.45) is 3.15. The largest absolute Gasteiger partial charge is 0.368 e. The fourth-order valence-electron chi connectivity index (χ4n) is 2.95. The maximum Gasteiger partial charge on any atom is 0.251 e. The van der Waals surface area contributed by atoms with Crippen LogP contribution in [0.4, 0.5) is 0 Å². The van der Waals surface area contributed by atoms with Crippen molar-refractivity contribution in [2.75, 3.05) is 39.8 Å². The van der Waals surface area contributed by atoms with E-state index in [4.69, 9.17) is 9.26 Å². The van der Waals surface area contributed by atoms with Gasteiger partial charge in [0.15, 0.2) is 5.96 Å². The van der Waals surface area contributed by atoms with Crippen LogP contribution < -0.4 is 5.32 Å². The van der Waals surface area contributed by atoms with E-state index >= 15 is 0 Å². The lowest BCUT2D eigenvalue weighted by molar-refractivity contribution is -0.142. The van der Waals surface area contributed by atoms with Gasteiger partial charge in [0.2, 0.25) is 0 Å². The third-order valence-corrected chi connectivity index (χ3v) is 4.23. The molecule has 3 heterocycles. The van der Waals surface area contributed by atoms with Crippen LogP contribution in [0.25, 0.3) is 0 Å². The Hall–Kier alpha value is -2.09. The molecule has 0 spiro atoms. The van der Waals surface area contributed by atoms with Gasteiger partial charge >= 0.3 is 0 Å². The van der Waals surface area contributed by atoms with Gasteiger partial charge in [-0.3, -0.25) is 9.79 Å². The van der Waals surface area contributed by atoms with E-state index in [1.165, 1.54) is 0 Å². The first-order valence-electron chi connectivity index (χ1n) is 8.03. The third kappa shape index (κ3) is 3.82. The number of nitrogens with zero attached hydrogens (tertiary/aromatic N) is 4. The van der Waals surface area contributed by atoms with Gasteiger partial charge < -0.3 is 24.4 Å². The zero-order valence-electron chi connectivity index (χ0n) is 13.4. The van der Waals surface area contributed by atoms with Crippen LogP contribution in [0.5, 0.6) is 0 Å². The van der Waals surface area contributed by atoms with Crippen LogP contribution in [-0.2, 0) is 16.1 Å². The topological polar surface area (TPSA) is 83.2 Å². The normalized spacial score (nSPS) is 22.5. The molecule has 0 radical (unpaired) electrons. The molecule has 1 atom stereocenters. The second-order valence-corrected chi connectivity index (χ2v) is 5.71. The maximum atomic E-state index is 12.3. The highest BCUT2D eigenvalue weighted by atomic mass is 16.5. The van der Waals surface area contributed by atoms with Gasteiger partial charge in [0.05, 0.1) is 6.54 Å². The van der Waals surface area contributed by atoms with Crippen molar-refractivity contribution >= 4 is 11.9 Å². The highest BCUT2D eigenvalue weighted by Gasteiger charge is 2.30. The molecule has 8 heteroatoms. The second-order valence-electron chi connectivity index (χ2n) is 5.71. The van der Waals surface area contributed by atoms with Crippen molar-refractivity contribution in [1.29, 1.82) is 0 Å². The van der Waals surface area contributed by atoms with E-state index in [9.17, 15) is 4.79 Å². The number of hydrogen-bond donors (Lipinski definition) is 1. The third-order valence-electron chi connectivity index (χ3n) is 4.23. The minimum absolute atomic E-state index is 0.132. The van der Waals surface area contributed by atoms with Crippen LogP contribution in [0, 0.1) is 0 Å². The first-order valence-corrected chi connectivity index (χ1v) is 8.03. The number of rotatable bonds is 3. The summed E-state index contributed by atoms with van der Waals surface area (Å²) in [6.45, 7) is 4.19. The summed E-state index contributed by atoms with van der Waals surface area (Å²) >= 11 is 0. The molecule has 1 unspecified atom stereocenters. The molecule has 1 aromatic heterocycles. The first-order chi connectivity index (χ1) is 11.3. The standard InChI is InChI=1S/C15H23N5O3/c1-16-15(17-11-12-4-10-23-18-12)20-7-5-19(6-8-20)14(21)13-3-2-9-22-13/h4,10,13H,2-3,5-9,11H2,1H3,(H,16,17). The van der Waals surface area contributed by atoms with Crippen LogP contribution in [0.2, 0.25) is 0 Å². The second kappa shape index (κ2) is 7.45. The van der Waals surface area contributed by atoms with Gasteiger partial charge in [-0.05, 0) is 12.8 Å². The molecule has 2 aliphatic rings. The molecule has 23 heavy (non-hydrogen) atoms. The molecule has 8 nitrogen and oxygen atoms in total. The van der Waals surface area contributed by atoms with Crippen molar-refractivity contribution in [1.82, 2.24) is 20.3 Å². The molecule has 0 aliphatic carbocycles. The van der Waals surface area contributed by atoms with Crippen LogP contribution in [-0.4, -0.2) is 72.8 Å². The highest BCUT2D eigenvalue weighted by Crippen LogP contribution is 2.16. The number of aromatic nitrogens is 1. The lowest BCUT2D eigenvalue weighted by atomic mass is 10.2. The van der Waals surface area contributed by atoms with E-state index in [0.29, 0.717) is 26.2 Å². The summed E-state index contributed by atoms with van der Waals surface area (Å²) in [6, 6.07) is 1.82. The molecule has 0 saturated carbocycles. The number of carbonyl (C=O) groups excluding carboxylic acids is 1. The molecule has 2 fully saturated rings. The number of guanidine groups is 1. The predicted octanol–water partition coefficient (Wildman–Crippen LogP) is 0.0732. The van der Waals surface area contributed by atoms with Crippen LogP contribution in [0.3, 0.4) is 0 Å². The molecular weight excluding hydrogens is 298 g/mol. The van der Waals surface area contributed by atoms with Gasteiger partial charge in [0.25, 0.3) is 5.91 Å². The number of nitrogens with one attached hydrogen (secondary N) is 1. The Balaban J connectivity index is 1.47. The molecule has 1 aromatic rings. The molecule has 0 bridgehead atoms. The van der Waals surface area contributed by atoms with E-state index in [1.807, 2.05) is 11.0 Å². The van der Waals surface area contributed by atoms with Crippen LogP contribution in [0.15, 0.2) is 21.8 Å².